The van der Waals surface area contributed by atoms with Crippen molar-refractivity contribution in [1.82, 2.24) is 0 Å². The molecule has 96 valence electrons. The smallest absolute Gasteiger partial charge is 0.319 e. The van der Waals surface area contributed by atoms with Crippen LogP contribution in [0.25, 0.3) is 0 Å². The fourth-order valence-electron chi connectivity index (χ4n) is 2.74. The number of ether oxygens (including phenoxy) is 1. The molecule has 0 spiro atoms. The lowest BCUT2D eigenvalue weighted by Gasteiger charge is -2.32. The SMILES string of the molecule is COC(=O)C1(C(=O)c2ccccc2)CCCCC1. The molecule has 0 unspecified atom stereocenters. The minimum Gasteiger partial charge on any atom is -0.468 e. The van der Waals surface area contributed by atoms with E-state index in [2.05, 4.69) is 0 Å². The fourth-order valence-corrected chi connectivity index (χ4v) is 2.74. The van der Waals surface area contributed by atoms with Crippen molar-refractivity contribution in [3.8, 4) is 0 Å². The van der Waals surface area contributed by atoms with E-state index in [0.717, 1.165) is 19.3 Å². The lowest BCUT2D eigenvalue weighted by Crippen LogP contribution is -2.42. The summed E-state index contributed by atoms with van der Waals surface area (Å²) in [6.07, 6.45) is 4.11. The Hall–Kier alpha value is -1.64. The van der Waals surface area contributed by atoms with Gasteiger partial charge < -0.3 is 4.74 Å². The van der Waals surface area contributed by atoms with Gasteiger partial charge in [0.2, 0.25) is 0 Å². The molecule has 1 aromatic carbocycles. The molecule has 3 heteroatoms. The Kier molecular flexibility index (Phi) is 3.80. The van der Waals surface area contributed by atoms with Crippen LogP contribution in [0.3, 0.4) is 0 Å². The monoisotopic (exact) mass is 246 g/mol. The highest BCUT2D eigenvalue weighted by Crippen LogP contribution is 2.40. The van der Waals surface area contributed by atoms with Crippen LogP contribution in [-0.2, 0) is 9.53 Å². The predicted octanol–water partition coefficient (Wildman–Crippen LogP) is 2.99. The number of ketones is 1. The van der Waals surface area contributed by atoms with Gasteiger partial charge in [0.25, 0.3) is 0 Å². The van der Waals surface area contributed by atoms with Crippen LogP contribution in [0.5, 0.6) is 0 Å². The van der Waals surface area contributed by atoms with E-state index < -0.39 is 5.41 Å². The minimum absolute atomic E-state index is 0.0883. The van der Waals surface area contributed by atoms with Crippen molar-refractivity contribution in [3.63, 3.8) is 0 Å². The number of hydrogen-bond acceptors (Lipinski definition) is 3. The summed E-state index contributed by atoms with van der Waals surface area (Å²) in [5, 5.41) is 0. The van der Waals surface area contributed by atoms with Gasteiger partial charge in [0.05, 0.1) is 7.11 Å². The summed E-state index contributed by atoms with van der Waals surface area (Å²) in [4.78, 5) is 24.7. The standard InChI is InChI=1S/C15H18O3/c1-18-14(17)15(10-6-3-7-11-15)13(16)12-8-4-2-5-9-12/h2,4-5,8-9H,3,6-7,10-11H2,1H3. The first-order valence-electron chi connectivity index (χ1n) is 6.39. The predicted molar refractivity (Wildman–Crippen MR) is 68.3 cm³/mol. The molecular weight excluding hydrogens is 228 g/mol. The molecule has 1 saturated carbocycles. The Morgan fingerprint density at radius 1 is 1.06 bits per heavy atom. The number of methoxy groups -OCH3 is 1. The summed E-state index contributed by atoms with van der Waals surface area (Å²) in [5.41, 5.74) is -0.348. The quantitative estimate of drug-likeness (QED) is 0.468. The van der Waals surface area contributed by atoms with Crippen LogP contribution in [0, 0.1) is 5.41 Å². The molecule has 1 aliphatic rings. The van der Waals surface area contributed by atoms with Gasteiger partial charge in [-0.25, -0.2) is 0 Å². The van der Waals surface area contributed by atoms with Crippen LogP contribution in [0.2, 0.25) is 0 Å². The van der Waals surface area contributed by atoms with Crippen molar-refractivity contribution in [1.29, 1.82) is 0 Å². The van der Waals surface area contributed by atoms with Crippen molar-refractivity contribution in [2.75, 3.05) is 7.11 Å². The molecule has 18 heavy (non-hydrogen) atoms. The summed E-state index contributed by atoms with van der Waals surface area (Å²) < 4.78 is 4.88. The summed E-state index contributed by atoms with van der Waals surface area (Å²) in [5.74, 6) is -0.467. The van der Waals surface area contributed by atoms with E-state index in [1.807, 2.05) is 18.2 Å². The Bertz CT molecular complexity index is 430. The van der Waals surface area contributed by atoms with Crippen molar-refractivity contribution < 1.29 is 14.3 Å². The zero-order valence-electron chi connectivity index (χ0n) is 10.6. The fraction of sp³-hybridized carbons (Fsp3) is 0.467. The highest BCUT2D eigenvalue weighted by Gasteiger charge is 2.47. The van der Waals surface area contributed by atoms with Gasteiger partial charge in [-0.1, -0.05) is 49.6 Å². The van der Waals surface area contributed by atoms with Crippen molar-refractivity contribution in [3.05, 3.63) is 35.9 Å². The number of carbonyl (C=O) groups excluding carboxylic acids is 2. The van der Waals surface area contributed by atoms with Gasteiger partial charge >= 0.3 is 5.97 Å². The second-order valence-corrected chi connectivity index (χ2v) is 4.83. The van der Waals surface area contributed by atoms with Crippen molar-refractivity contribution in [2.45, 2.75) is 32.1 Å². The highest BCUT2D eigenvalue weighted by atomic mass is 16.5. The van der Waals surface area contributed by atoms with Gasteiger partial charge in [0, 0.05) is 5.56 Å². The molecule has 0 bridgehead atoms. The number of benzene rings is 1. The Balaban J connectivity index is 2.35. The first-order valence-corrected chi connectivity index (χ1v) is 6.39. The highest BCUT2D eigenvalue weighted by molar-refractivity contribution is 6.12. The summed E-state index contributed by atoms with van der Waals surface area (Å²) in [6, 6.07) is 9.04. The normalized spacial score (nSPS) is 18.1. The Morgan fingerprint density at radius 3 is 2.22 bits per heavy atom. The van der Waals surface area contributed by atoms with Crippen LogP contribution in [0.1, 0.15) is 42.5 Å². The third-order valence-electron chi connectivity index (χ3n) is 3.75. The van der Waals surface area contributed by atoms with E-state index in [-0.39, 0.29) is 11.8 Å². The van der Waals surface area contributed by atoms with E-state index in [0.29, 0.717) is 18.4 Å². The number of hydrogen-bond donors (Lipinski definition) is 0. The van der Waals surface area contributed by atoms with E-state index in [4.69, 9.17) is 4.74 Å². The van der Waals surface area contributed by atoms with E-state index in [9.17, 15) is 9.59 Å². The Morgan fingerprint density at radius 2 is 1.67 bits per heavy atom. The first kappa shape index (κ1) is 12.8. The van der Waals surface area contributed by atoms with Gasteiger partial charge in [-0.2, -0.15) is 0 Å². The molecule has 1 aromatic rings. The largest absolute Gasteiger partial charge is 0.468 e. The molecule has 1 fully saturated rings. The second kappa shape index (κ2) is 5.34. The minimum atomic E-state index is -0.950. The molecule has 0 aromatic heterocycles. The molecular formula is C15H18O3. The molecule has 1 aliphatic carbocycles. The topological polar surface area (TPSA) is 43.4 Å². The van der Waals surface area contributed by atoms with Gasteiger partial charge in [-0.15, -0.1) is 0 Å². The first-order chi connectivity index (χ1) is 8.70. The Labute approximate surface area is 107 Å². The summed E-state index contributed by atoms with van der Waals surface area (Å²) >= 11 is 0. The third kappa shape index (κ3) is 2.17. The van der Waals surface area contributed by atoms with Crippen LogP contribution in [0.4, 0.5) is 0 Å². The summed E-state index contributed by atoms with van der Waals surface area (Å²) in [6.45, 7) is 0. The van der Waals surface area contributed by atoms with E-state index in [1.165, 1.54) is 7.11 Å². The van der Waals surface area contributed by atoms with E-state index in [1.54, 1.807) is 12.1 Å². The van der Waals surface area contributed by atoms with Gasteiger partial charge in [0.15, 0.2) is 5.78 Å². The lowest BCUT2D eigenvalue weighted by atomic mass is 9.69. The number of carbonyl (C=O) groups is 2. The second-order valence-electron chi connectivity index (χ2n) is 4.83. The van der Waals surface area contributed by atoms with Crippen LogP contribution < -0.4 is 0 Å². The zero-order valence-corrected chi connectivity index (χ0v) is 10.6. The number of rotatable bonds is 3. The average molecular weight is 246 g/mol. The van der Waals surface area contributed by atoms with Gasteiger partial charge in [-0.3, -0.25) is 9.59 Å². The zero-order chi connectivity index (χ0) is 13.0. The maximum Gasteiger partial charge on any atom is 0.319 e. The van der Waals surface area contributed by atoms with Crippen LogP contribution >= 0.6 is 0 Å². The van der Waals surface area contributed by atoms with Gasteiger partial charge in [-0.05, 0) is 12.8 Å². The molecule has 3 nitrogen and oxygen atoms in total. The maximum atomic E-state index is 12.6. The molecule has 0 heterocycles. The average Bonchev–Trinajstić information content (AvgIpc) is 2.47. The third-order valence-corrected chi connectivity index (χ3v) is 3.75. The number of esters is 1. The van der Waals surface area contributed by atoms with Crippen molar-refractivity contribution in [2.24, 2.45) is 5.41 Å². The van der Waals surface area contributed by atoms with E-state index >= 15 is 0 Å². The molecule has 0 atom stereocenters. The van der Waals surface area contributed by atoms with Gasteiger partial charge in [0.1, 0.15) is 5.41 Å². The molecule has 0 saturated heterocycles. The maximum absolute atomic E-state index is 12.6. The molecule has 2 rings (SSSR count). The molecule has 0 aliphatic heterocycles. The number of Topliss-reactive ketones (excluding diaryl/α,β-unsaturated/α-hetero) is 1. The van der Waals surface area contributed by atoms with Crippen molar-refractivity contribution >= 4 is 11.8 Å². The summed E-state index contributed by atoms with van der Waals surface area (Å²) in [7, 11) is 1.36. The molecule has 0 amide bonds. The van der Waals surface area contributed by atoms with Crippen LogP contribution in [-0.4, -0.2) is 18.9 Å². The molecule has 0 radical (unpaired) electrons. The molecule has 0 N–H and O–H groups in total. The van der Waals surface area contributed by atoms with Crippen LogP contribution in [0.15, 0.2) is 30.3 Å². The lowest BCUT2D eigenvalue weighted by molar-refractivity contribution is -0.151.